The molecule has 0 atom stereocenters. The second-order valence-corrected chi connectivity index (χ2v) is 18.5. The van der Waals surface area contributed by atoms with Crippen LogP contribution < -0.4 is 0 Å². The quantitative estimate of drug-likeness (QED) is 0.163. The minimum Gasteiger partial charge on any atom is -0.456 e. The normalized spacial score (nSPS) is 12.0. The van der Waals surface area contributed by atoms with Gasteiger partial charge in [-0.3, -0.25) is 0 Å². The van der Waals surface area contributed by atoms with Gasteiger partial charge in [0.25, 0.3) is 0 Å². The molecule has 0 saturated heterocycles. The number of rotatable bonds is 6. The zero-order valence-corrected chi connectivity index (χ0v) is 37.9. The zero-order valence-electron chi connectivity index (χ0n) is 37.9. The first kappa shape index (κ1) is 38.7. The third-order valence-electron chi connectivity index (χ3n) is 14.6. The maximum absolute atomic E-state index is 6.63. The fourth-order valence-electron chi connectivity index (χ4n) is 11.5. The van der Waals surface area contributed by atoms with Gasteiger partial charge in [0.1, 0.15) is 11.2 Å². The smallest absolute Gasteiger partial charge is 0.136 e. The summed E-state index contributed by atoms with van der Waals surface area (Å²) in [6.45, 7) is 0. The molecule has 0 bridgehead atoms. The van der Waals surface area contributed by atoms with Crippen LogP contribution in [0.3, 0.4) is 0 Å². The summed E-state index contributed by atoms with van der Waals surface area (Å²) >= 11 is 0. The Balaban J connectivity index is 0.880. The highest BCUT2D eigenvalue weighted by Gasteiger charge is 2.20. The van der Waals surface area contributed by atoms with Gasteiger partial charge in [0.2, 0.25) is 0 Å². The van der Waals surface area contributed by atoms with Crippen molar-refractivity contribution in [2.75, 3.05) is 0 Å². The molecule has 0 aliphatic heterocycles. The molecule has 0 fully saturated rings. The zero-order chi connectivity index (χ0) is 45.9. The molecule has 0 amide bonds. The first-order valence-electron chi connectivity index (χ1n) is 24.0. The number of fused-ring (bicyclic) bond motifs is 12. The molecule has 4 heterocycles. The molecule has 4 nitrogen and oxygen atoms in total. The molecule has 15 aromatic rings. The van der Waals surface area contributed by atoms with E-state index in [2.05, 4.69) is 262 Å². The van der Waals surface area contributed by atoms with Crippen LogP contribution >= 0.6 is 0 Å². The molecule has 0 N–H and O–H groups in total. The molecule has 0 radical (unpaired) electrons. The average Bonchev–Trinajstić information content (AvgIpc) is 4.17. The van der Waals surface area contributed by atoms with Gasteiger partial charge in [-0.1, -0.05) is 146 Å². The van der Waals surface area contributed by atoms with Gasteiger partial charge in [0, 0.05) is 60.2 Å². The summed E-state index contributed by atoms with van der Waals surface area (Å²) in [4.78, 5) is 0. The maximum atomic E-state index is 6.63. The van der Waals surface area contributed by atoms with Crippen LogP contribution in [-0.4, -0.2) is 13.7 Å². The van der Waals surface area contributed by atoms with Crippen LogP contribution in [0.15, 0.2) is 253 Å². The largest absolute Gasteiger partial charge is 0.456 e. The lowest BCUT2D eigenvalue weighted by molar-refractivity contribution is 0.669. The Kier molecular flexibility index (Phi) is 8.33. The van der Waals surface area contributed by atoms with E-state index in [1.54, 1.807) is 0 Å². The summed E-state index contributed by atoms with van der Waals surface area (Å²) in [6, 6.07) is 90.4. The summed E-state index contributed by atoms with van der Waals surface area (Å²) in [5, 5.41) is 9.62. The first-order valence-corrected chi connectivity index (χ1v) is 24.0. The lowest BCUT2D eigenvalue weighted by Gasteiger charge is -2.10. The van der Waals surface area contributed by atoms with E-state index < -0.39 is 0 Å². The van der Waals surface area contributed by atoms with Crippen molar-refractivity contribution in [2.45, 2.75) is 0 Å². The summed E-state index contributed by atoms with van der Waals surface area (Å²) in [6.07, 6.45) is 0. The number of aromatic nitrogens is 3. The Morgan fingerprint density at radius 1 is 0.229 bits per heavy atom. The third kappa shape index (κ3) is 5.77. The van der Waals surface area contributed by atoms with Gasteiger partial charge in [-0.25, -0.2) is 0 Å². The SMILES string of the molecule is c1ccc(-n2c3ccccc3c3cc(-c4ccc5oc6cccc(-c7ccc8c(c7)c7ccc(-c9ccc%10c%11ccccc%11n(-c%11ccccc%11)c%10c9)cc7n8-c7ccccc7)c6c5c4)ccc32)cc1. The standard InChI is InChI=1S/C66H41N3O/c1-4-15-47(16-5-1)67-59-25-13-11-22-52(59)55-37-42(29-34-60(55)67)43-31-36-64-57(38-43)66-50(23-14-26-65(66)70-64)46-30-35-61-56(39-46)54-33-28-45(41-63(54)69(61)49-19-8-3-9-20-49)44-27-32-53-51-21-10-12-24-58(51)68(62(53)40-44)48-17-6-2-7-18-48/h1-41H. The number of hydrogen-bond donors (Lipinski definition) is 0. The Bertz CT molecular complexity index is 4570. The Morgan fingerprint density at radius 2 is 0.629 bits per heavy atom. The van der Waals surface area contributed by atoms with Crippen molar-refractivity contribution >= 4 is 87.4 Å². The Hall–Kier alpha value is -9.38. The maximum Gasteiger partial charge on any atom is 0.136 e. The fraction of sp³-hybridized carbons (Fsp3) is 0. The van der Waals surface area contributed by atoms with E-state index in [9.17, 15) is 0 Å². The molecule has 4 heteroatoms. The molecule has 4 aromatic heterocycles. The predicted octanol–water partition coefficient (Wildman–Crippen LogP) is 17.9. The monoisotopic (exact) mass is 891 g/mol. The molecule has 0 saturated carbocycles. The van der Waals surface area contributed by atoms with Crippen molar-refractivity contribution in [3.8, 4) is 50.4 Å². The van der Waals surface area contributed by atoms with Crippen molar-refractivity contribution in [2.24, 2.45) is 0 Å². The molecule has 0 spiro atoms. The first-order chi connectivity index (χ1) is 34.7. The molecule has 0 unspecified atom stereocenters. The second-order valence-electron chi connectivity index (χ2n) is 18.5. The predicted molar refractivity (Wildman–Crippen MR) is 293 cm³/mol. The van der Waals surface area contributed by atoms with Gasteiger partial charge >= 0.3 is 0 Å². The van der Waals surface area contributed by atoms with Gasteiger partial charge in [-0.2, -0.15) is 0 Å². The van der Waals surface area contributed by atoms with Crippen LogP contribution in [0.2, 0.25) is 0 Å². The lowest BCUT2D eigenvalue weighted by atomic mass is 9.96. The van der Waals surface area contributed by atoms with Crippen molar-refractivity contribution in [3.05, 3.63) is 249 Å². The molecule has 326 valence electrons. The molecular formula is C66H41N3O. The molecular weight excluding hydrogens is 851 g/mol. The highest BCUT2D eigenvalue weighted by molar-refractivity contribution is 6.17. The summed E-state index contributed by atoms with van der Waals surface area (Å²) < 4.78 is 13.8. The van der Waals surface area contributed by atoms with Crippen LogP contribution in [0.4, 0.5) is 0 Å². The summed E-state index contributed by atoms with van der Waals surface area (Å²) in [7, 11) is 0. The molecule has 0 aliphatic rings. The number of benzene rings is 11. The van der Waals surface area contributed by atoms with Gasteiger partial charge < -0.3 is 18.1 Å². The van der Waals surface area contributed by atoms with Gasteiger partial charge in [-0.05, 0) is 137 Å². The second kappa shape index (κ2) is 15.1. The fourth-order valence-corrected chi connectivity index (χ4v) is 11.5. The van der Waals surface area contributed by atoms with E-state index in [0.29, 0.717) is 0 Å². The number of furan rings is 1. The van der Waals surface area contributed by atoms with Gasteiger partial charge in [0.15, 0.2) is 0 Å². The van der Waals surface area contributed by atoms with E-state index in [1.807, 2.05) is 0 Å². The van der Waals surface area contributed by atoms with E-state index in [1.165, 1.54) is 76.6 Å². The molecule has 70 heavy (non-hydrogen) atoms. The summed E-state index contributed by atoms with van der Waals surface area (Å²) in [5.74, 6) is 0. The highest BCUT2D eigenvalue weighted by Crippen LogP contribution is 2.43. The van der Waals surface area contributed by atoms with Gasteiger partial charge in [-0.15, -0.1) is 0 Å². The van der Waals surface area contributed by atoms with Crippen molar-refractivity contribution in [1.29, 1.82) is 0 Å². The topological polar surface area (TPSA) is 27.9 Å². The van der Waals surface area contributed by atoms with Crippen LogP contribution in [-0.2, 0) is 0 Å². The summed E-state index contributed by atoms with van der Waals surface area (Å²) in [5.41, 5.74) is 19.3. The molecule has 15 rings (SSSR count). The van der Waals surface area contributed by atoms with Gasteiger partial charge in [0.05, 0.1) is 33.1 Å². The minimum absolute atomic E-state index is 0.879. The Labute approximate surface area is 402 Å². The van der Waals surface area contributed by atoms with Crippen LogP contribution in [0.25, 0.3) is 138 Å². The number of nitrogens with zero attached hydrogens (tertiary/aromatic N) is 3. The molecule has 11 aromatic carbocycles. The van der Waals surface area contributed by atoms with Crippen LogP contribution in [0.1, 0.15) is 0 Å². The lowest BCUT2D eigenvalue weighted by Crippen LogP contribution is -1.94. The van der Waals surface area contributed by atoms with E-state index in [4.69, 9.17) is 4.42 Å². The van der Waals surface area contributed by atoms with E-state index in [0.717, 1.165) is 61.2 Å². The minimum atomic E-state index is 0.879. The van der Waals surface area contributed by atoms with Crippen molar-refractivity contribution < 1.29 is 4.42 Å². The van der Waals surface area contributed by atoms with Crippen LogP contribution in [0.5, 0.6) is 0 Å². The number of hydrogen-bond acceptors (Lipinski definition) is 1. The third-order valence-corrected chi connectivity index (χ3v) is 14.6. The van der Waals surface area contributed by atoms with Crippen molar-refractivity contribution in [3.63, 3.8) is 0 Å². The highest BCUT2D eigenvalue weighted by atomic mass is 16.3. The Morgan fingerprint density at radius 3 is 1.21 bits per heavy atom. The average molecular weight is 892 g/mol. The van der Waals surface area contributed by atoms with Crippen LogP contribution in [0, 0.1) is 0 Å². The van der Waals surface area contributed by atoms with Crippen molar-refractivity contribution in [1.82, 2.24) is 13.7 Å². The van der Waals surface area contributed by atoms with E-state index >= 15 is 0 Å². The molecule has 0 aliphatic carbocycles. The van der Waals surface area contributed by atoms with E-state index in [-0.39, 0.29) is 0 Å². The number of para-hydroxylation sites is 5.